The third kappa shape index (κ3) is 3.28. The summed E-state index contributed by atoms with van der Waals surface area (Å²) in [7, 11) is 0. The fourth-order valence-corrected chi connectivity index (χ4v) is 1.86. The number of rotatable bonds is 6. The molecule has 1 saturated heterocycles. The van der Waals surface area contributed by atoms with Crippen LogP contribution in [0.3, 0.4) is 0 Å². The van der Waals surface area contributed by atoms with Crippen molar-refractivity contribution in [1.82, 2.24) is 15.5 Å². The predicted molar refractivity (Wildman–Crippen MR) is 59.0 cm³/mol. The molecule has 5 heteroatoms. The average Bonchev–Trinajstić information content (AvgIpc) is 2.90. The van der Waals surface area contributed by atoms with Gasteiger partial charge in [-0.2, -0.15) is 4.98 Å². The molecular formula is C11H19N3O2. The zero-order valence-corrected chi connectivity index (χ0v) is 9.74. The lowest BCUT2D eigenvalue weighted by atomic mass is 10.2. The van der Waals surface area contributed by atoms with E-state index in [0.717, 1.165) is 26.0 Å². The predicted octanol–water partition coefficient (Wildman–Crippen LogP) is 1.29. The Kier molecular flexibility index (Phi) is 4.30. The summed E-state index contributed by atoms with van der Waals surface area (Å²) >= 11 is 0. The number of aromatic nitrogens is 2. The Balaban J connectivity index is 1.67. The van der Waals surface area contributed by atoms with Crippen molar-refractivity contribution in [2.75, 3.05) is 13.2 Å². The number of nitrogens with zero attached hydrogens (tertiary/aromatic N) is 2. The highest BCUT2D eigenvalue weighted by Crippen LogP contribution is 2.06. The van der Waals surface area contributed by atoms with Crippen LogP contribution in [0, 0.1) is 0 Å². The van der Waals surface area contributed by atoms with E-state index in [1.807, 2.05) is 0 Å². The van der Waals surface area contributed by atoms with Crippen molar-refractivity contribution in [3.8, 4) is 0 Å². The molecule has 16 heavy (non-hydrogen) atoms. The van der Waals surface area contributed by atoms with Crippen LogP contribution in [0.5, 0.6) is 0 Å². The van der Waals surface area contributed by atoms with E-state index < -0.39 is 0 Å². The van der Waals surface area contributed by atoms with Crippen LogP contribution >= 0.6 is 0 Å². The van der Waals surface area contributed by atoms with Crippen LogP contribution in [-0.2, 0) is 17.8 Å². The van der Waals surface area contributed by atoms with Crippen LogP contribution in [-0.4, -0.2) is 29.3 Å². The smallest absolute Gasteiger partial charge is 0.226 e. The maximum absolute atomic E-state index is 5.55. The molecule has 0 amide bonds. The summed E-state index contributed by atoms with van der Waals surface area (Å²) in [5.41, 5.74) is 0. The van der Waals surface area contributed by atoms with Gasteiger partial charge in [0.1, 0.15) is 6.61 Å². The Morgan fingerprint density at radius 1 is 1.56 bits per heavy atom. The van der Waals surface area contributed by atoms with E-state index in [-0.39, 0.29) is 0 Å². The Hall–Kier alpha value is -0.940. The Morgan fingerprint density at radius 2 is 2.50 bits per heavy atom. The van der Waals surface area contributed by atoms with Crippen LogP contribution in [0.1, 0.15) is 37.9 Å². The molecule has 1 unspecified atom stereocenters. The molecule has 0 spiro atoms. The molecule has 1 aliphatic heterocycles. The molecule has 1 aromatic heterocycles. The van der Waals surface area contributed by atoms with Gasteiger partial charge in [0.15, 0.2) is 5.82 Å². The molecule has 1 N–H and O–H groups in total. The molecule has 0 aliphatic carbocycles. The number of hydrogen-bond acceptors (Lipinski definition) is 5. The quantitative estimate of drug-likeness (QED) is 0.790. The number of aryl methyl sites for hydroxylation is 1. The zero-order valence-electron chi connectivity index (χ0n) is 9.74. The van der Waals surface area contributed by atoms with E-state index in [1.165, 1.54) is 12.8 Å². The summed E-state index contributed by atoms with van der Waals surface area (Å²) in [6, 6.07) is 0.502. The van der Waals surface area contributed by atoms with Gasteiger partial charge in [-0.3, -0.25) is 0 Å². The van der Waals surface area contributed by atoms with Crippen molar-refractivity contribution < 1.29 is 9.26 Å². The molecule has 1 aromatic rings. The highest BCUT2D eigenvalue weighted by molar-refractivity contribution is 4.84. The monoisotopic (exact) mass is 225 g/mol. The highest BCUT2D eigenvalue weighted by atomic mass is 16.5. The Labute approximate surface area is 95.6 Å². The molecule has 1 fully saturated rings. The van der Waals surface area contributed by atoms with Gasteiger partial charge in [-0.05, 0) is 25.8 Å². The molecule has 2 heterocycles. The molecule has 5 nitrogen and oxygen atoms in total. The van der Waals surface area contributed by atoms with E-state index in [0.29, 0.717) is 24.4 Å². The lowest BCUT2D eigenvalue weighted by Gasteiger charge is -2.08. The van der Waals surface area contributed by atoms with Crippen molar-refractivity contribution in [2.45, 2.75) is 45.3 Å². The number of nitrogens with one attached hydrogen (secondary N) is 1. The van der Waals surface area contributed by atoms with Crippen LogP contribution in [0.25, 0.3) is 0 Å². The second-order valence-electron chi connectivity index (χ2n) is 4.16. The molecule has 90 valence electrons. The number of hydrogen-bond donors (Lipinski definition) is 1. The first-order chi connectivity index (χ1) is 7.88. The van der Waals surface area contributed by atoms with E-state index in [9.17, 15) is 0 Å². The van der Waals surface area contributed by atoms with Gasteiger partial charge in [0, 0.05) is 12.5 Å². The summed E-state index contributed by atoms with van der Waals surface area (Å²) in [5, 5.41) is 7.25. The standard InChI is InChI=1S/C11H19N3O2/c1-2-4-11-13-10(14-16-11)8-15-7-9-5-3-6-12-9/h9,12H,2-8H2,1H3. The molecule has 0 aromatic carbocycles. The van der Waals surface area contributed by atoms with E-state index >= 15 is 0 Å². The first-order valence-electron chi connectivity index (χ1n) is 6.01. The largest absolute Gasteiger partial charge is 0.372 e. The Morgan fingerprint density at radius 3 is 3.25 bits per heavy atom. The third-order valence-corrected chi connectivity index (χ3v) is 2.69. The molecule has 0 radical (unpaired) electrons. The summed E-state index contributed by atoms with van der Waals surface area (Å²) < 4.78 is 10.6. The minimum absolute atomic E-state index is 0.450. The summed E-state index contributed by atoms with van der Waals surface area (Å²) in [4.78, 5) is 4.24. The van der Waals surface area contributed by atoms with Crippen molar-refractivity contribution in [2.24, 2.45) is 0 Å². The minimum Gasteiger partial charge on any atom is -0.372 e. The van der Waals surface area contributed by atoms with Gasteiger partial charge in [0.25, 0.3) is 0 Å². The fourth-order valence-electron chi connectivity index (χ4n) is 1.86. The van der Waals surface area contributed by atoms with Crippen LogP contribution in [0.2, 0.25) is 0 Å². The van der Waals surface area contributed by atoms with Gasteiger partial charge in [-0.15, -0.1) is 0 Å². The second kappa shape index (κ2) is 5.96. The van der Waals surface area contributed by atoms with Gasteiger partial charge in [0.05, 0.1) is 6.61 Å². The lowest BCUT2D eigenvalue weighted by molar-refractivity contribution is 0.0968. The summed E-state index contributed by atoms with van der Waals surface area (Å²) in [5.74, 6) is 1.36. The minimum atomic E-state index is 0.450. The van der Waals surface area contributed by atoms with Crippen LogP contribution < -0.4 is 5.32 Å². The van der Waals surface area contributed by atoms with E-state index in [4.69, 9.17) is 9.26 Å². The van der Waals surface area contributed by atoms with Crippen molar-refractivity contribution in [3.63, 3.8) is 0 Å². The second-order valence-corrected chi connectivity index (χ2v) is 4.16. The van der Waals surface area contributed by atoms with Gasteiger partial charge in [0.2, 0.25) is 5.89 Å². The van der Waals surface area contributed by atoms with E-state index in [1.54, 1.807) is 0 Å². The zero-order chi connectivity index (χ0) is 11.2. The molecular weight excluding hydrogens is 206 g/mol. The molecule has 0 bridgehead atoms. The van der Waals surface area contributed by atoms with Gasteiger partial charge < -0.3 is 14.6 Å². The SMILES string of the molecule is CCCc1nc(COCC2CCCN2)no1. The van der Waals surface area contributed by atoms with Crippen molar-refractivity contribution >= 4 is 0 Å². The van der Waals surface area contributed by atoms with Crippen LogP contribution in [0.15, 0.2) is 4.52 Å². The molecule has 1 atom stereocenters. The normalized spacial score (nSPS) is 20.4. The summed E-state index contributed by atoms with van der Waals surface area (Å²) in [6.07, 6.45) is 4.32. The number of ether oxygens (including phenoxy) is 1. The highest BCUT2D eigenvalue weighted by Gasteiger charge is 2.14. The average molecular weight is 225 g/mol. The van der Waals surface area contributed by atoms with Gasteiger partial charge >= 0.3 is 0 Å². The molecule has 1 aliphatic rings. The molecule has 0 saturated carbocycles. The van der Waals surface area contributed by atoms with Crippen molar-refractivity contribution in [1.29, 1.82) is 0 Å². The van der Waals surface area contributed by atoms with Gasteiger partial charge in [-0.1, -0.05) is 12.1 Å². The first kappa shape index (κ1) is 11.5. The maximum atomic E-state index is 5.55. The Bertz CT molecular complexity index is 308. The third-order valence-electron chi connectivity index (χ3n) is 2.69. The van der Waals surface area contributed by atoms with Crippen molar-refractivity contribution in [3.05, 3.63) is 11.7 Å². The topological polar surface area (TPSA) is 60.2 Å². The maximum Gasteiger partial charge on any atom is 0.226 e. The van der Waals surface area contributed by atoms with E-state index in [2.05, 4.69) is 22.4 Å². The summed E-state index contributed by atoms with van der Waals surface area (Å²) in [6.45, 7) is 4.38. The fraction of sp³-hybridized carbons (Fsp3) is 0.818. The first-order valence-corrected chi connectivity index (χ1v) is 6.01. The van der Waals surface area contributed by atoms with Crippen LogP contribution in [0.4, 0.5) is 0 Å². The lowest BCUT2D eigenvalue weighted by Crippen LogP contribution is -2.26. The van der Waals surface area contributed by atoms with Gasteiger partial charge in [-0.25, -0.2) is 0 Å². The molecule has 2 rings (SSSR count).